The van der Waals surface area contributed by atoms with Gasteiger partial charge in [-0.25, -0.2) is 14.1 Å². The lowest BCUT2D eigenvalue weighted by atomic mass is 10.1. The van der Waals surface area contributed by atoms with E-state index in [2.05, 4.69) is 10.4 Å². The van der Waals surface area contributed by atoms with E-state index in [1.807, 2.05) is 12.1 Å². The van der Waals surface area contributed by atoms with Crippen LogP contribution in [0.3, 0.4) is 0 Å². The van der Waals surface area contributed by atoms with E-state index in [9.17, 15) is 9.18 Å². The van der Waals surface area contributed by atoms with Crippen molar-refractivity contribution in [2.24, 2.45) is 0 Å². The fourth-order valence-electron chi connectivity index (χ4n) is 3.06. The van der Waals surface area contributed by atoms with Crippen molar-refractivity contribution in [3.8, 4) is 17.1 Å². The molecule has 7 heteroatoms. The molecule has 0 unspecified atom stereocenters. The van der Waals surface area contributed by atoms with E-state index in [4.69, 9.17) is 16.3 Å². The largest absolute Gasteiger partial charge is 0.494 e. The van der Waals surface area contributed by atoms with Crippen LogP contribution >= 0.6 is 11.6 Å². The van der Waals surface area contributed by atoms with Crippen LogP contribution in [0.2, 0.25) is 5.02 Å². The van der Waals surface area contributed by atoms with Crippen molar-refractivity contribution in [3.05, 3.63) is 93.5 Å². The number of hydrogen-bond donors (Lipinski definition) is 1. The third kappa shape index (κ3) is 3.79. The molecule has 0 radical (unpaired) electrons. The molecule has 0 aliphatic rings. The first-order chi connectivity index (χ1) is 14.1. The smallest absolute Gasteiger partial charge is 0.280 e. The Morgan fingerprint density at radius 1 is 1.07 bits per heavy atom. The molecule has 1 N–H and O–H groups in total. The molecular weight excluding hydrogens is 393 g/mol. The second-order valence-electron chi connectivity index (χ2n) is 6.40. The standard InChI is InChI=1S/C22H17ClFN3O2/c1-29-19-4-2-3-18-20(19)26-21(15-7-11-17(24)12-8-15)27(22(18)28)25-13-14-5-9-16(23)10-6-14/h2-12,25H,13H2,1H3. The SMILES string of the molecule is COc1cccc2c(=O)n(NCc3ccc(Cl)cc3)c(-c3ccc(F)cc3)nc12. The molecule has 0 spiro atoms. The summed E-state index contributed by atoms with van der Waals surface area (Å²) in [6.07, 6.45) is 0. The summed E-state index contributed by atoms with van der Waals surface area (Å²) in [4.78, 5) is 17.9. The minimum atomic E-state index is -0.366. The average molecular weight is 410 g/mol. The number of aromatic nitrogens is 2. The van der Waals surface area contributed by atoms with Crippen LogP contribution < -0.4 is 15.7 Å². The molecule has 4 rings (SSSR count). The first kappa shape index (κ1) is 19.0. The first-order valence-electron chi connectivity index (χ1n) is 8.91. The molecule has 146 valence electrons. The third-order valence-electron chi connectivity index (χ3n) is 4.54. The number of halogens is 2. The molecule has 0 saturated heterocycles. The highest BCUT2D eigenvalue weighted by Gasteiger charge is 2.15. The van der Waals surface area contributed by atoms with Gasteiger partial charge in [-0.2, -0.15) is 0 Å². The number of fused-ring (bicyclic) bond motifs is 1. The Hall–Kier alpha value is -3.38. The van der Waals surface area contributed by atoms with Crippen LogP contribution in [0, 0.1) is 5.82 Å². The molecule has 0 atom stereocenters. The van der Waals surface area contributed by atoms with Gasteiger partial charge in [-0.15, -0.1) is 0 Å². The second-order valence-corrected chi connectivity index (χ2v) is 6.84. The third-order valence-corrected chi connectivity index (χ3v) is 4.79. The fourth-order valence-corrected chi connectivity index (χ4v) is 3.19. The van der Waals surface area contributed by atoms with Crippen LogP contribution in [0.15, 0.2) is 71.5 Å². The highest BCUT2D eigenvalue weighted by atomic mass is 35.5. The normalized spacial score (nSPS) is 10.9. The maximum atomic E-state index is 13.4. The number of ether oxygens (including phenoxy) is 1. The van der Waals surface area contributed by atoms with Gasteiger partial charge in [0, 0.05) is 10.6 Å². The number of nitrogens with zero attached hydrogens (tertiary/aromatic N) is 2. The fraction of sp³-hybridized carbons (Fsp3) is 0.0909. The molecule has 29 heavy (non-hydrogen) atoms. The Morgan fingerprint density at radius 3 is 2.48 bits per heavy atom. The van der Waals surface area contributed by atoms with Crippen molar-refractivity contribution in [1.29, 1.82) is 0 Å². The Morgan fingerprint density at radius 2 is 1.79 bits per heavy atom. The van der Waals surface area contributed by atoms with Crippen LogP contribution in [-0.2, 0) is 6.54 Å². The van der Waals surface area contributed by atoms with Crippen LogP contribution in [0.25, 0.3) is 22.3 Å². The zero-order valence-corrected chi connectivity index (χ0v) is 16.3. The van der Waals surface area contributed by atoms with Gasteiger partial charge in [-0.3, -0.25) is 4.79 Å². The minimum absolute atomic E-state index is 0.276. The molecule has 0 aliphatic carbocycles. The van der Waals surface area contributed by atoms with Crippen LogP contribution in [0.1, 0.15) is 5.56 Å². The van der Waals surface area contributed by atoms with Crippen molar-refractivity contribution in [1.82, 2.24) is 9.66 Å². The summed E-state index contributed by atoms with van der Waals surface area (Å²) in [5.74, 6) is 0.490. The summed E-state index contributed by atoms with van der Waals surface area (Å²) < 4.78 is 20.2. The zero-order valence-electron chi connectivity index (χ0n) is 15.5. The summed E-state index contributed by atoms with van der Waals surface area (Å²) in [7, 11) is 1.53. The molecule has 0 amide bonds. The van der Waals surface area contributed by atoms with Crippen LogP contribution in [0.4, 0.5) is 4.39 Å². The van der Waals surface area contributed by atoms with Crippen molar-refractivity contribution < 1.29 is 9.13 Å². The molecule has 0 fully saturated rings. The number of nitrogens with one attached hydrogen (secondary N) is 1. The molecule has 0 aliphatic heterocycles. The van der Waals surface area contributed by atoms with Crippen molar-refractivity contribution in [3.63, 3.8) is 0 Å². The topological polar surface area (TPSA) is 56.1 Å². The van der Waals surface area contributed by atoms with E-state index < -0.39 is 0 Å². The molecule has 0 bridgehead atoms. The average Bonchev–Trinajstić information content (AvgIpc) is 2.74. The second kappa shape index (κ2) is 7.93. The van der Waals surface area contributed by atoms with Gasteiger partial charge in [-0.05, 0) is 54.1 Å². The summed E-state index contributed by atoms with van der Waals surface area (Å²) in [6.45, 7) is 0.377. The quantitative estimate of drug-likeness (QED) is 0.523. The number of benzene rings is 3. The highest BCUT2D eigenvalue weighted by molar-refractivity contribution is 6.30. The lowest BCUT2D eigenvalue weighted by molar-refractivity contribution is 0.418. The minimum Gasteiger partial charge on any atom is -0.494 e. The molecule has 4 aromatic rings. The summed E-state index contributed by atoms with van der Waals surface area (Å²) >= 11 is 5.94. The first-order valence-corrected chi connectivity index (χ1v) is 9.28. The molecular formula is C22H17ClFN3O2. The summed E-state index contributed by atoms with van der Waals surface area (Å²) in [5.41, 5.74) is 4.84. The predicted molar refractivity (Wildman–Crippen MR) is 112 cm³/mol. The van der Waals surface area contributed by atoms with Gasteiger partial charge in [0.2, 0.25) is 0 Å². The Bertz CT molecular complexity index is 1220. The maximum absolute atomic E-state index is 13.4. The summed E-state index contributed by atoms with van der Waals surface area (Å²) in [6, 6.07) is 18.3. The predicted octanol–water partition coefficient (Wildman–Crippen LogP) is 4.61. The molecule has 0 saturated carbocycles. The van der Waals surface area contributed by atoms with E-state index >= 15 is 0 Å². The number of hydrogen-bond acceptors (Lipinski definition) is 4. The Kier molecular flexibility index (Phi) is 5.18. The highest BCUT2D eigenvalue weighted by Crippen LogP contribution is 2.25. The van der Waals surface area contributed by atoms with Crippen molar-refractivity contribution in [2.75, 3.05) is 12.5 Å². The van der Waals surface area contributed by atoms with Gasteiger partial charge >= 0.3 is 0 Å². The van der Waals surface area contributed by atoms with E-state index in [0.29, 0.717) is 39.6 Å². The van der Waals surface area contributed by atoms with Gasteiger partial charge in [0.05, 0.1) is 19.0 Å². The molecule has 1 heterocycles. The van der Waals surface area contributed by atoms with Gasteiger partial charge in [0.25, 0.3) is 5.56 Å². The Balaban J connectivity index is 1.87. The van der Waals surface area contributed by atoms with Gasteiger partial charge in [-0.1, -0.05) is 29.8 Å². The Labute approximate surface area is 171 Å². The van der Waals surface area contributed by atoms with E-state index in [1.165, 1.54) is 23.9 Å². The van der Waals surface area contributed by atoms with Crippen LogP contribution in [-0.4, -0.2) is 16.8 Å². The van der Waals surface area contributed by atoms with Crippen molar-refractivity contribution in [2.45, 2.75) is 6.54 Å². The van der Waals surface area contributed by atoms with Crippen molar-refractivity contribution >= 4 is 22.5 Å². The monoisotopic (exact) mass is 409 g/mol. The summed E-state index contributed by atoms with van der Waals surface area (Å²) in [5, 5.41) is 1.05. The molecule has 5 nitrogen and oxygen atoms in total. The van der Waals surface area contributed by atoms with E-state index in [-0.39, 0.29) is 11.4 Å². The van der Waals surface area contributed by atoms with Gasteiger partial charge < -0.3 is 10.2 Å². The molecule has 3 aromatic carbocycles. The van der Waals surface area contributed by atoms with E-state index in [0.717, 1.165) is 5.56 Å². The van der Waals surface area contributed by atoms with Crippen LogP contribution in [0.5, 0.6) is 5.75 Å². The van der Waals surface area contributed by atoms with Gasteiger partial charge in [0.1, 0.15) is 17.1 Å². The zero-order chi connectivity index (χ0) is 20.4. The lowest BCUT2D eigenvalue weighted by Crippen LogP contribution is -2.31. The maximum Gasteiger partial charge on any atom is 0.280 e. The number of methoxy groups -OCH3 is 1. The lowest BCUT2D eigenvalue weighted by Gasteiger charge is -2.16. The molecule has 1 aromatic heterocycles. The van der Waals surface area contributed by atoms with Gasteiger partial charge in [0.15, 0.2) is 5.82 Å². The number of para-hydroxylation sites is 1. The van der Waals surface area contributed by atoms with E-state index in [1.54, 1.807) is 42.5 Å². The number of rotatable bonds is 5.